The Kier molecular flexibility index (Phi) is 6.03. The first-order valence-electron chi connectivity index (χ1n) is 10.4. The zero-order valence-electron chi connectivity index (χ0n) is 17.8. The van der Waals surface area contributed by atoms with E-state index in [1.54, 1.807) is 7.11 Å². The Balaban J connectivity index is 1.56. The number of para-hydroxylation sites is 3. The molecule has 4 rings (SSSR count). The Bertz CT molecular complexity index is 1110. The molecule has 4 nitrogen and oxygen atoms in total. The van der Waals surface area contributed by atoms with Gasteiger partial charge in [0.25, 0.3) is 0 Å². The molecule has 0 amide bonds. The van der Waals surface area contributed by atoms with Gasteiger partial charge in [0.15, 0.2) is 0 Å². The van der Waals surface area contributed by atoms with Gasteiger partial charge in [-0.25, -0.2) is 4.98 Å². The minimum Gasteiger partial charge on any atom is -0.497 e. The van der Waals surface area contributed by atoms with Crippen molar-refractivity contribution in [3.8, 4) is 11.5 Å². The highest BCUT2D eigenvalue weighted by Gasteiger charge is 2.12. The average molecular weight is 401 g/mol. The molecule has 1 aromatic heterocycles. The zero-order chi connectivity index (χ0) is 20.9. The van der Waals surface area contributed by atoms with Gasteiger partial charge in [0.1, 0.15) is 23.9 Å². The van der Waals surface area contributed by atoms with E-state index in [4.69, 9.17) is 14.5 Å². The van der Waals surface area contributed by atoms with Crippen LogP contribution in [-0.2, 0) is 13.0 Å². The van der Waals surface area contributed by atoms with Crippen molar-refractivity contribution < 1.29 is 9.47 Å². The van der Waals surface area contributed by atoms with Crippen molar-refractivity contribution in [1.29, 1.82) is 0 Å². The lowest BCUT2D eigenvalue weighted by atomic mass is 10.0. The van der Waals surface area contributed by atoms with Crippen LogP contribution in [-0.4, -0.2) is 23.3 Å². The molecule has 0 aliphatic heterocycles. The van der Waals surface area contributed by atoms with Crippen LogP contribution in [0.2, 0.25) is 0 Å². The number of aromatic nitrogens is 2. The summed E-state index contributed by atoms with van der Waals surface area (Å²) in [5.74, 6) is 3.31. The second-order valence-corrected chi connectivity index (χ2v) is 7.73. The number of imidazole rings is 1. The number of nitrogens with zero attached hydrogens (tertiary/aromatic N) is 2. The maximum atomic E-state index is 6.19. The minimum atomic E-state index is 0.431. The molecule has 0 fully saturated rings. The summed E-state index contributed by atoms with van der Waals surface area (Å²) >= 11 is 0. The van der Waals surface area contributed by atoms with Crippen molar-refractivity contribution in [2.75, 3.05) is 13.7 Å². The predicted molar refractivity (Wildman–Crippen MR) is 122 cm³/mol. The number of ether oxygens (including phenoxy) is 2. The molecule has 0 aliphatic rings. The molecule has 0 radical (unpaired) electrons. The molecule has 0 unspecified atom stereocenters. The van der Waals surface area contributed by atoms with Gasteiger partial charge in [-0.3, -0.25) is 0 Å². The molecule has 4 aromatic rings. The first-order valence-corrected chi connectivity index (χ1v) is 10.4. The fraction of sp³-hybridized carbons (Fsp3) is 0.269. The highest BCUT2D eigenvalue weighted by atomic mass is 16.5. The standard InChI is InChI=1S/C26H28N2O2/c1-19(2)22-8-4-7-11-25(22)30-17-16-28-24-10-6-5-9-23(24)27-26(28)18-20-12-14-21(29-3)15-13-20/h4-15,19H,16-18H2,1-3H3. The average Bonchev–Trinajstić information content (AvgIpc) is 3.11. The van der Waals surface area contributed by atoms with Gasteiger partial charge in [0, 0.05) is 6.42 Å². The summed E-state index contributed by atoms with van der Waals surface area (Å²) in [6.45, 7) is 5.73. The van der Waals surface area contributed by atoms with Crippen LogP contribution in [0.5, 0.6) is 11.5 Å². The first-order chi connectivity index (χ1) is 14.7. The topological polar surface area (TPSA) is 36.3 Å². The first kappa shape index (κ1) is 20.0. The number of rotatable bonds is 8. The third kappa shape index (κ3) is 4.33. The van der Waals surface area contributed by atoms with Crippen molar-refractivity contribution in [3.05, 3.63) is 89.7 Å². The molecule has 30 heavy (non-hydrogen) atoms. The molecule has 0 spiro atoms. The van der Waals surface area contributed by atoms with Gasteiger partial charge in [-0.1, -0.05) is 56.3 Å². The van der Waals surface area contributed by atoms with E-state index in [1.807, 2.05) is 24.3 Å². The predicted octanol–water partition coefficient (Wildman–Crippen LogP) is 5.84. The van der Waals surface area contributed by atoms with E-state index in [0.717, 1.165) is 41.3 Å². The van der Waals surface area contributed by atoms with Crippen LogP contribution in [0.1, 0.15) is 36.7 Å². The van der Waals surface area contributed by atoms with Gasteiger partial charge >= 0.3 is 0 Å². The lowest BCUT2D eigenvalue weighted by Gasteiger charge is -2.15. The summed E-state index contributed by atoms with van der Waals surface area (Å²) < 4.78 is 13.7. The van der Waals surface area contributed by atoms with Crippen LogP contribution >= 0.6 is 0 Å². The lowest BCUT2D eigenvalue weighted by molar-refractivity contribution is 0.294. The van der Waals surface area contributed by atoms with Gasteiger partial charge in [-0.15, -0.1) is 0 Å². The Hall–Kier alpha value is -3.27. The third-order valence-corrected chi connectivity index (χ3v) is 5.37. The molecule has 0 atom stereocenters. The summed E-state index contributed by atoms with van der Waals surface area (Å²) in [6, 6.07) is 24.8. The minimum absolute atomic E-state index is 0.431. The van der Waals surface area contributed by atoms with Crippen LogP contribution in [0.15, 0.2) is 72.8 Å². The van der Waals surface area contributed by atoms with Crippen LogP contribution in [0.3, 0.4) is 0 Å². The van der Waals surface area contributed by atoms with Gasteiger partial charge in [0.05, 0.1) is 24.7 Å². The second kappa shape index (κ2) is 9.04. The van der Waals surface area contributed by atoms with Crippen LogP contribution in [0.25, 0.3) is 11.0 Å². The molecule has 0 saturated carbocycles. The molecule has 3 aromatic carbocycles. The van der Waals surface area contributed by atoms with E-state index in [9.17, 15) is 0 Å². The summed E-state index contributed by atoms with van der Waals surface area (Å²) in [6.07, 6.45) is 0.765. The van der Waals surface area contributed by atoms with E-state index < -0.39 is 0 Å². The quantitative estimate of drug-likeness (QED) is 0.373. The second-order valence-electron chi connectivity index (χ2n) is 7.73. The van der Waals surface area contributed by atoms with Crippen LogP contribution in [0, 0.1) is 0 Å². The lowest BCUT2D eigenvalue weighted by Crippen LogP contribution is -2.12. The Labute approximate surface area is 178 Å². The fourth-order valence-corrected chi connectivity index (χ4v) is 3.77. The van der Waals surface area contributed by atoms with Crippen molar-refractivity contribution in [1.82, 2.24) is 9.55 Å². The van der Waals surface area contributed by atoms with E-state index in [-0.39, 0.29) is 0 Å². The fourth-order valence-electron chi connectivity index (χ4n) is 3.77. The van der Waals surface area contributed by atoms with E-state index in [1.165, 1.54) is 11.1 Å². The SMILES string of the molecule is COc1ccc(Cc2nc3ccccc3n2CCOc2ccccc2C(C)C)cc1. The van der Waals surface area contributed by atoms with Crippen molar-refractivity contribution in [2.24, 2.45) is 0 Å². The van der Waals surface area contributed by atoms with Gasteiger partial charge < -0.3 is 14.0 Å². The van der Waals surface area contributed by atoms with Crippen molar-refractivity contribution >= 4 is 11.0 Å². The number of methoxy groups -OCH3 is 1. The molecule has 1 heterocycles. The van der Waals surface area contributed by atoms with Crippen LogP contribution < -0.4 is 9.47 Å². The Morgan fingerprint density at radius 3 is 2.40 bits per heavy atom. The molecule has 0 N–H and O–H groups in total. The highest BCUT2D eigenvalue weighted by molar-refractivity contribution is 5.76. The van der Waals surface area contributed by atoms with E-state index in [2.05, 4.69) is 66.9 Å². The van der Waals surface area contributed by atoms with Gasteiger partial charge in [-0.2, -0.15) is 0 Å². The van der Waals surface area contributed by atoms with Crippen molar-refractivity contribution in [3.63, 3.8) is 0 Å². The maximum absolute atomic E-state index is 6.19. The summed E-state index contributed by atoms with van der Waals surface area (Å²) in [5, 5.41) is 0. The molecular formula is C26H28N2O2. The monoisotopic (exact) mass is 400 g/mol. The smallest absolute Gasteiger partial charge is 0.122 e. The zero-order valence-corrected chi connectivity index (χ0v) is 17.8. The molecule has 0 bridgehead atoms. The van der Waals surface area contributed by atoms with Crippen molar-refractivity contribution in [2.45, 2.75) is 32.7 Å². The maximum Gasteiger partial charge on any atom is 0.122 e. The highest BCUT2D eigenvalue weighted by Crippen LogP contribution is 2.26. The Morgan fingerprint density at radius 1 is 0.900 bits per heavy atom. The molecule has 4 heteroatoms. The van der Waals surface area contributed by atoms with Crippen LogP contribution in [0.4, 0.5) is 0 Å². The molecule has 0 aliphatic carbocycles. The largest absolute Gasteiger partial charge is 0.497 e. The van der Waals surface area contributed by atoms with E-state index >= 15 is 0 Å². The molecular weight excluding hydrogens is 372 g/mol. The third-order valence-electron chi connectivity index (χ3n) is 5.37. The van der Waals surface area contributed by atoms with E-state index in [0.29, 0.717) is 12.5 Å². The summed E-state index contributed by atoms with van der Waals surface area (Å²) in [4.78, 5) is 4.90. The number of hydrogen-bond acceptors (Lipinski definition) is 3. The molecule has 0 saturated heterocycles. The van der Waals surface area contributed by atoms with Gasteiger partial charge in [0.2, 0.25) is 0 Å². The number of hydrogen-bond donors (Lipinski definition) is 0. The summed E-state index contributed by atoms with van der Waals surface area (Å²) in [7, 11) is 1.69. The molecule has 154 valence electrons. The number of fused-ring (bicyclic) bond motifs is 1. The summed E-state index contributed by atoms with van der Waals surface area (Å²) in [5.41, 5.74) is 4.61. The normalized spacial score (nSPS) is 11.2. The number of benzene rings is 3. The Morgan fingerprint density at radius 2 is 1.63 bits per heavy atom. The van der Waals surface area contributed by atoms with Gasteiger partial charge in [-0.05, 0) is 47.4 Å².